The standard InChI is InChI=1S/C10H18O3S/c1-10(2)8(5-6-11)3-4-9(10)7-14(12)13/h6,8-9H,3-5,7H2,1-2H3,(H,12,13)/p-1. The molecule has 0 N–H and O–H groups in total. The van der Waals surface area contributed by atoms with Crippen molar-refractivity contribution in [2.24, 2.45) is 17.3 Å². The molecule has 1 saturated carbocycles. The Morgan fingerprint density at radius 3 is 2.50 bits per heavy atom. The Kier molecular flexibility index (Phi) is 3.84. The van der Waals surface area contributed by atoms with Crippen molar-refractivity contribution < 1.29 is 13.6 Å². The minimum absolute atomic E-state index is 0.0129. The van der Waals surface area contributed by atoms with E-state index in [2.05, 4.69) is 13.8 Å². The van der Waals surface area contributed by atoms with Crippen LogP contribution in [0.15, 0.2) is 0 Å². The highest BCUT2D eigenvalue weighted by Crippen LogP contribution is 2.48. The molecule has 0 aromatic heterocycles. The Hall–Kier alpha value is -0.220. The molecule has 82 valence electrons. The van der Waals surface area contributed by atoms with Crippen molar-refractivity contribution in [1.29, 1.82) is 0 Å². The first-order chi connectivity index (χ1) is 6.48. The fourth-order valence-corrected chi connectivity index (χ4v) is 3.40. The molecule has 0 amide bonds. The van der Waals surface area contributed by atoms with Crippen LogP contribution in [0.5, 0.6) is 0 Å². The fourth-order valence-electron chi connectivity index (χ4n) is 2.48. The maximum absolute atomic E-state index is 10.6. The molecule has 14 heavy (non-hydrogen) atoms. The SMILES string of the molecule is CC1(C)C(CC=O)CCC1CS(=O)[O-]. The van der Waals surface area contributed by atoms with Crippen LogP contribution >= 0.6 is 0 Å². The Bertz CT molecular complexity index is 238. The molecule has 0 aliphatic heterocycles. The van der Waals surface area contributed by atoms with E-state index in [1.807, 2.05) is 0 Å². The summed E-state index contributed by atoms with van der Waals surface area (Å²) in [5.41, 5.74) is -0.0129. The maximum Gasteiger partial charge on any atom is 0.120 e. The lowest BCUT2D eigenvalue weighted by Crippen LogP contribution is -2.28. The minimum atomic E-state index is -1.96. The fraction of sp³-hybridized carbons (Fsp3) is 0.900. The van der Waals surface area contributed by atoms with Gasteiger partial charge in [-0.1, -0.05) is 24.9 Å². The molecule has 0 aromatic carbocycles. The topological polar surface area (TPSA) is 57.2 Å². The van der Waals surface area contributed by atoms with Crippen LogP contribution in [0.25, 0.3) is 0 Å². The highest BCUT2D eigenvalue weighted by atomic mass is 32.2. The van der Waals surface area contributed by atoms with E-state index in [1.54, 1.807) is 0 Å². The quantitative estimate of drug-likeness (QED) is 0.529. The molecule has 0 radical (unpaired) electrons. The van der Waals surface area contributed by atoms with E-state index >= 15 is 0 Å². The van der Waals surface area contributed by atoms with Gasteiger partial charge in [-0.25, -0.2) is 0 Å². The van der Waals surface area contributed by atoms with E-state index in [1.165, 1.54) is 0 Å². The highest BCUT2D eigenvalue weighted by molar-refractivity contribution is 7.79. The zero-order valence-corrected chi connectivity index (χ0v) is 9.51. The van der Waals surface area contributed by atoms with Crippen LogP contribution in [0.2, 0.25) is 0 Å². The van der Waals surface area contributed by atoms with Crippen molar-refractivity contribution in [2.75, 3.05) is 5.75 Å². The Morgan fingerprint density at radius 1 is 1.43 bits per heavy atom. The van der Waals surface area contributed by atoms with Crippen molar-refractivity contribution in [3.05, 3.63) is 0 Å². The largest absolute Gasteiger partial charge is 0.772 e. The molecular formula is C10H17O3S-. The summed E-state index contributed by atoms with van der Waals surface area (Å²) >= 11 is -1.96. The van der Waals surface area contributed by atoms with Crippen molar-refractivity contribution in [3.63, 3.8) is 0 Å². The molecule has 0 saturated heterocycles. The Morgan fingerprint density at radius 2 is 2.00 bits per heavy atom. The van der Waals surface area contributed by atoms with E-state index < -0.39 is 11.1 Å². The molecule has 4 heteroatoms. The van der Waals surface area contributed by atoms with E-state index in [0.29, 0.717) is 12.3 Å². The highest BCUT2D eigenvalue weighted by Gasteiger charge is 2.42. The third-order valence-electron chi connectivity index (χ3n) is 3.69. The molecule has 3 atom stereocenters. The van der Waals surface area contributed by atoms with Gasteiger partial charge in [-0.05, 0) is 30.1 Å². The summed E-state index contributed by atoms with van der Waals surface area (Å²) in [4.78, 5) is 10.5. The lowest BCUT2D eigenvalue weighted by molar-refractivity contribution is -0.109. The predicted octanol–water partition coefficient (Wildman–Crippen LogP) is 1.51. The van der Waals surface area contributed by atoms with Crippen LogP contribution in [0.3, 0.4) is 0 Å². The summed E-state index contributed by atoms with van der Waals surface area (Å²) in [5, 5.41) is 0. The van der Waals surface area contributed by atoms with E-state index in [-0.39, 0.29) is 17.1 Å². The molecule has 0 heterocycles. The van der Waals surface area contributed by atoms with Crippen LogP contribution in [-0.2, 0) is 15.9 Å². The van der Waals surface area contributed by atoms with E-state index in [0.717, 1.165) is 19.1 Å². The number of rotatable bonds is 4. The Balaban J connectivity index is 2.64. The summed E-state index contributed by atoms with van der Waals surface area (Å²) in [7, 11) is 0. The summed E-state index contributed by atoms with van der Waals surface area (Å²) in [6.45, 7) is 4.15. The van der Waals surface area contributed by atoms with Crippen LogP contribution in [0, 0.1) is 17.3 Å². The first kappa shape index (κ1) is 11.9. The van der Waals surface area contributed by atoms with Gasteiger partial charge in [-0.3, -0.25) is 4.21 Å². The van der Waals surface area contributed by atoms with E-state index in [9.17, 15) is 13.6 Å². The van der Waals surface area contributed by atoms with Gasteiger partial charge >= 0.3 is 0 Å². The van der Waals surface area contributed by atoms with E-state index in [4.69, 9.17) is 0 Å². The number of hydrogen-bond acceptors (Lipinski definition) is 3. The molecule has 1 fully saturated rings. The molecule has 3 nitrogen and oxygen atoms in total. The van der Waals surface area contributed by atoms with Crippen LogP contribution in [0.4, 0.5) is 0 Å². The van der Waals surface area contributed by atoms with Crippen molar-refractivity contribution in [1.82, 2.24) is 0 Å². The summed E-state index contributed by atoms with van der Waals surface area (Å²) in [6, 6.07) is 0. The minimum Gasteiger partial charge on any atom is -0.772 e. The molecule has 1 aliphatic carbocycles. The van der Waals surface area contributed by atoms with Crippen LogP contribution in [-0.4, -0.2) is 20.8 Å². The second kappa shape index (κ2) is 4.53. The van der Waals surface area contributed by atoms with Crippen LogP contribution in [0.1, 0.15) is 33.1 Å². The second-order valence-electron chi connectivity index (χ2n) is 4.67. The number of carbonyl (C=O) groups excluding carboxylic acids is 1. The van der Waals surface area contributed by atoms with Gasteiger partial charge in [0.1, 0.15) is 6.29 Å². The van der Waals surface area contributed by atoms with Crippen molar-refractivity contribution in [2.45, 2.75) is 33.1 Å². The average Bonchev–Trinajstić information content (AvgIpc) is 2.31. The smallest absolute Gasteiger partial charge is 0.120 e. The van der Waals surface area contributed by atoms with Gasteiger partial charge < -0.3 is 9.35 Å². The zero-order chi connectivity index (χ0) is 10.8. The molecular weight excluding hydrogens is 200 g/mol. The maximum atomic E-state index is 10.6. The first-order valence-corrected chi connectivity index (χ1v) is 6.22. The molecule has 3 unspecified atom stereocenters. The van der Waals surface area contributed by atoms with Gasteiger partial charge in [0.15, 0.2) is 0 Å². The third kappa shape index (κ3) is 2.42. The lowest BCUT2D eigenvalue weighted by Gasteiger charge is -2.32. The first-order valence-electron chi connectivity index (χ1n) is 4.98. The third-order valence-corrected chi connectivity index (χ3v) is 4.36. The van der Waals surface area contributed by atoms with Gasteiger partial charge in [0.05, 0.1) is 0 Å². The number of hydrogen-bond donors (Lipinski definition) is 0. The van der Waals surface area contributed by atoms with Crippen LogP contribution < -0.4 is 0 Å². The monoisotopic (exact) mass is 217 g/mol. The normalized spacial score (nSPS) is 32.8. The lowest BCUT2D eigenvalue weighted by atomic mass is 9.75. The Labute approximate surface area is 87.6 Å². The number of carbonyl (C=O) groups is 1. The summed E-state index contributed by atoms with van der Waals surface area (Å²) in [5.74, 6) is 0.807. The van der Waals surface area contributed by atoms with Crippen molar-refractivity contribution >= 4 is 17.4 Å². The predicted molar refractivity (Wildman–Crippen MR) is 54.5 cm³/mol. The van der Waals surface area contributed by atoms with Gasteiger partial charge in [0.2, 0.25) is 0 Å². The molecule has 1 rings (SSSR count). The van der Waals surface area contributed by atoms with Gasteiger partial charge in [0, 0.05) is 12.2 Å². The average molecular weight is 217 g/mol. The molecule has 0 spiro atoms. The van der Waals surface area contributed by atoms with Gasteiger partial charge in [-0.2, -0.15) is 0 Å². The van der Waals surface area contributed by atoms with Crippen molar-refractivity contribution in [3.8, 4) is 0 Å². The molecule has 0 bridgehead atoms. The van der Waals surface area contributed by atoms with Gasteiger partial charge in [0.25, 0.3) is 0 Å². The molecule has 0 aromatic rings. The molecule has 1 aliphatic rings. The summed E-state index contributed by atoms with van der Waals surface area (Å²) in [6.07, 6.45) is 3.42. The summed E-state index contributed by atoms with van der Waals surface area (Å²) < 4.78 is 21.3. The van der Waals surface area contributed by atoms with Gasteiger partial charge in [-0.15, -0.1) is 0 Å². The zero-order valence-electron chi connectivity index (χ0n) is 8.69. The second-order valence-corrected chi connectivity index (χ2v) is 5.61. The number of aldehydes is 1.